The lowest BCUT2D eigenvalue weighted by molar-refractivity contribution is 0.0924. The van der Waals surface area contributed by atoms with Gasteiger partial charge in [-0.1, -0.05) is 27.7 Å². The van der Waals surface area contributed by atoms with Gasteiger partial charge in [-0.15, -0.1) is 0 Å². The molecule has 1 aromatic heterocycles. The van der Waals surface area contributed by atoms with Gasteiger partial charge in [0, 0.05) is 6.54 Å². The lowest BCUT2D eigenvalue weighted by Crippen LogP contribution is -2.37. The molecule has 4 nitrogen and oxygen atoms in total. The Bertz CT molecular complexity index is 439. The number of pyridine rings is 1. The fourth-order valence-electron chi connectivity index (χ4n) is 1.39. The van der Waals surface area contributed by atoms with E-state index in [1.54, 1.807) is 12.3 Å². The van der Waals surface area contributed by atoms with Gasteiger partial charge in [-0.2, -0.15) is 0 Å². The minimum atomic E-state index is -0.110. The van der Waals surface area contributed by atoms with Crippen LogP contribution in [0.5, 0.6) is 0 Å². The van der Waals surface area contributed by atoms with Gasteiger partial charge >= 0.3 is 0 Å². The van der Waals surface area contributed by atoms with Crippen molar-refractivity contribution >= 4 is 11.6 Å². The van der Waals surface area contributed by atoms with Crippen LogP contribution in [0.25, 0.3) is 0 Å². The molecule has 3 N–H and O–H groups in total. The first kappa shape index (κ1) is 14.5. The van der Waals surface area contributed by atoms with E-state index in [0.29, 0.717) is 29.4 Å². The van der Waals surface area contributed by atoms with Crippen molar-refractivity contribution in [3.05, 3.63) is 23.5 Å². The minimum Gasteiger partial charge on any atom is -0.397 e. The summed E-state index contributed by atoms with van der Waals surface area (Å²) in [6.07, 6.45) is 1.56. The van der Waals surface area contributed by atoms with Crippen molar-refractivity contribution in [1.29, 1.82) is 0 Å². The van der Waals surface area contributed by atoms with Crippen LogP contribution in [-0.4, -0.2) is 17.4 Å². The minimum absolute atomic E-state index is 0.0668. The molecular weight excluding hydrogens is 226 g/mol. The molecule has 0 fully saturated rings. The van der Waals surface area contributed by atoms with Crippen LogP contribution in [0.1, 0.15) is 43.7 Å². The molecule has 0 aliphatic carbocycles. The number of hydrogen-bond donors (Lipinski definition) is 2. The first-order chi connectivity index (χ1) is 8.24. The van der Waals surface area contributed by atoms with Crippen LogP contribution in [-0.2, 0) is 0 Å². The van der Waals surface area contributed by atoms with Crippen molar-refractivity contribution < 1.29 is 4.79 Å². The average Bonchev–Trinajstić information content (AvgIpc) is 2.29. The molecule has 4 heteroatoms. The number of anilines is 1. The van der Waals surface area contributed by atoms with Gasteiger partial charge in [0.15, 0.2) is 0 Å². The molecule has 1 amide bonds. The maximum Gasteiger partial charge on any atom is 0.253 e. The van der Waals surface area contributed by atoms with Gasteiger partial charge < -0.3 is 11.1 Å². The van der Waals surface area contributed by atoms with Gasteiger partial charge in [-0.05, 0) is 24.3 Å². The molecular formula is C14H23N3O. The smallest absolute Gasteiger partial charge is 0.253 e. The second-order valence-corrected chi connectivity index (χ2v) is 5.73. The van der Waals surface area contributed by atoms with E-state index in [0.717, 1.165) is 0 Å². The number of nitrogens with two attached hydrogens (primary N) is 1. The highest BCUT2D eigenvalue weighted by Crippen LogP contribution is 2.24. The average molecular weight is 249 g/mol. The number of hydrogen-bond acceptors (Lipinski definition) is 3. The highest BCUT2D eigenvalue weighted by Gasteiger charge is 2.23. The van der Waals surface area contributed by atoms with Crippen molar-refractivity contribution in [3.63, 3.8) is 0 Å². The number of nitrogens with zero attached hydrogens (tertiary/aromatic N) is 1. The van der Waals surface area contributed by atoms with E-state index in [4.69, 9.17) is 5.73 Å². The molecule has 1 rings (SSSR count). The summed E-state index contributed by atoms with van der Waals surface area (Å²) < 4.78 is 0. The second-order valence-electron chi connectivity index (χ2n) is 5.73. The van der Waals surface area contributed by atoms with E-state index in [-0.39, 0.29) is 11.3 Å². The van der Waals surface area contributed by atoms with Crippen LogP contribution in [0, 0.1) is 18.3 Å². The predicted molar refractivity (Wildman–Crippen MR) is 74.3 cm³/mol. The van der Waals surface area contributed by atoms with Crippen molar-refractivity contribution in [1.82, 2.24) is 10.3 Å². The number of rotatable bonds is 4. The van der Waals surface area contributed by atoms with Gasteiger partial charge in [0.2, 0.25) is 0 Å². The molecule has 0 aliphatic heterocycles. The van der Waals surface area contributed by atoms with Crippen molar-refractivity contribution in [2.45, 2.75) is 34.6 Å². The van der Waals surface area contributed by atoms with E-state index in [1.165, 1.54) is 0 Å². The summed E-state index contributed by atoms with van der Waals surface area (Å²) in [5.41, 5.74) is 7.48. The lowest BCUT2D eigenvalue weighted by atomic mass is 9.81. The Morgan fingerprint density at radius 1 is 1.50 bits per heavy atom. The highest BCUT2D eigenvalue weighted by molar-refractivity contribution is 5.95. The summed E-state index contributed by atoms with van der Waals surface area (Å²) in [5, 5.41) is 2.95. The Hall–Kier alpha value is -1.58. The number of nitrogen functional groups attached to an aromatic ring is 1. The van der Waals surface area contributed by atoms with Gasteiger partial charge in [-0.3, -0.25) is 9.78 Å². The standard InChI is InChI=1S/C14H23N3O/c1-9(2)14(4,5)8-17-13(18)12-6-11(15)7-16-10(12)3/h6-7,9H,8,15H2,1-5H3,(H,17,18). The van der Waals surface area contributed by atoms with E-state index >= 15 is 0 Å². The Balaban J connectivity index is 2.75. The molecule has 18 heavy (non-hydrogen) atoms. The van der Waals surface area contributed by atoms with Crippen LogP contribution in [0.15, 0.2) is 12.3 Å². The number of amides is 1. The molecule has 0 atom stereocenters. The van der Waals surface area contributed by atoms with Gasteiger partial charge in [0.1, 0.15) is 0 Å². The first-order valence-corrected chi connectivity index (χ1v) is 6.24. The lowest BCUT2D eigenvalue weighted by Gasteiger charge is -2.29. The zero-order valence-electron chi connectivity index (χ0n) is 11.9. The van der Waals surface area contributed by atoms with Crippen molar-refractivity contribution in [2.24, 2.45) is 11.3 Å². The Kier molecular flexibility index (Phi) is 4.33. The fraction of sp³-hybridized carbons (Fsp3) is 0.571. The SMILES string of the molecule is Cc1ncc(N)cc1C(=O)NCC(C)(C)C(C)C. The first-order valence-electron chi connectivity index (χ1n) is 6.24. The summed E-state index contributed by atoms with van der Waals surface area (Å²) in [6, 6.07) is 1.67. The van der Waals surface area contributed by atoms with Crippen molar-refractivity contribution in [3.8, 4) is 0 Å². The van der Waals surface area contributed by atoms with Gasteiger partial charge in [-0.25, -0.2) is 0 Å². The summed E-state index contributed by atoms with van der Waals surface area (Å²) in [7, 11) is 0. The van der Waals surface area contributed by atoms with E-state index in [1.807, 2.05) is 6.92 Å². The molecule has 0 radical (unpaired) electrons. The van der Waals surface area contributed by atoms with Gasteiger partial charge in [0.05, 0.1) is 23.1 Å². The molecule has 100 valence electrons. The molecule has 0 unspecified atom stereocenters. The Morgan fingerprint density at radius 2 is 2.11 bits per heavy atom. The van der Waals surface area contributed by atoms with Crippen LogP contribution in [0.2, 0.25) is 0 Å². The quantitative estimate of drug-likeness (QED) is 0.861. The molecule has 0 aromatic carbocycles. The number of nitrogens with one attached hydrogen (secondary N) is 1. The summed E-state index contributed by atoms with van der Waals surface area (Å²) in [6.45, 7) is 11.0. The molecule has 0 bridgehead atoms. The molecule has 1 heterocycles. The van der Waals surface area contributed by atoms with E-state index in [9.17, 15) is 4.79 Å². The van der Waals surface area contributed by atoms with Gasteiger partial charge in [0.25, 0.3) is 5.91 Å². The summed E-state index contributed by atoms with van der Waals surface area (Å²) in [5.74, 6) is 0.388. The summed E-state index contributed by atoms with van der Waals surface area (Å²) >= 11 is 0. The number of aromatic nitrogens is 1. The monoisotopic (exact) mass is 249 g/mol. The maximum absolute atomic E-state index is 12.1. The van der Waals surface area contributed by atoms with Crippen LogP contribution in [0.4, 0.5) is 5.69 Å². The predicted octanol–water partition coefficient (Wildman–Crippen LogP) is 2.38. The van der Waals surface area contributed by atoms with Crippen molar-refractivity contribution in [2.75, 3.05) is 12.3 Å². The second kappa shape index (κ2) is 5.38. The normalized spacial score (nSPS) is 11.7. The highest BCUT2D eigenvalue weighted by atomic mass is 16.1. The Labute approximate surface area is 109 Å². The number of aryl methyl sites for hydroxylation is 1. The zero-order valence-corrected chi connectivity index (χ0v) is 11.9. The largest absolute Gasteiger partial charge is 0.397 e. The molecule has 0 saturated carbocycles. The van der Waals surface area contributed by atoms with E-state index < -0.39 is 0 Å². The number of carbonyl (C=O) groups is 1. The third-order valence-electron chi connectivity index (χ3n) is 3.62. The molecule has 1 aromatic rings. The third kappa shape index (κ3) is 3.45. The Morgan fingerprint density at radius 3 is 2.67 bits per heavy atom. The molecule has 0 spiro atoms. The molecule has 0 aliphatic rings. The summed E-state index contributed by atoms with van der Waals surface area (Å²) in [4.78, 5) is 16.2. The van der Waals surface area contributed by atoms with Crippen LogP contribution < -0.4 is 11.1 Å². The fourth-order valence-corrected chi connectivity index (χ4v) is 1.39. The molecule has 0 saturated heterocycles. The number of carbonyl (C=O) groups excluding carboxylic acids is 1. The van der Waals surface area contributed by atoms with E-state index in [2.05, 4.69) is 38.0 Å². The van der Waals surface area contributed by atoms with Crippen LogP contribution >= 0.6 is 0 Å². The zero-order chi connectivity index (χ0) is 13.9. The topological polar surface area (TPSA) is 68.0 Å². The maximum atomic E-state index is 12.1. The van der Waals surface area contributed by atoms with Crippen LogP contribution in [0.3, 0.4) is 0 Å². The third-order valence-corrected chi connectivity index (χ3v) is 3.62.